The number of ether oxygens (including phenoxy) is 2. The van der Waals surface area contributed by atoms with Crippen molar-refractivity contribution in [1.29, 1.82) is 0 Å². The smallest absolute Gasteiger partial charge is 0.191 e. The summed E-state index contributed by atoms with van der Waals surface area (Å²) < 4.78 is 11.5. The molecule has 3 rings (SSSR count). The summed E-state index contributed by atoms with van der Waals surface area (Å²) in [6.45, 7) is 6.88. The summed E-state index contributed by atoms with van der Waals surface area (Å²) in [7, 11) is 0. The number of nitrogens with zero attached hydrogens (tertiary/aromatic N) is 1. The predicted octanol–water partition coefficient (Wildman–Crippen LogP) is 4.95. The molecule has 2 N–H and O–H groups in total. The minimum absolute atomic E-state index is 0. The zero-order valence-electron chi connectivity index (χ0n) is 18.3. The van der Waals surface area contributed by atoms with Crippen molar-refractivity contribution < 1.29 is 9.47 Å². The molecule has 0 radical (unpaired) electrons. The van der Waals surface area contributed by atoms with Crippen LogP contribution in [0.5, 0.6) is 0 Å². The molecule has 0 unspecified atom stereocenters. The van der Waals surface area contributed by atoms with Crippen molar-refractivity contribution in [2.75, 3.05) is 26.3 Å². The van der Waals surface area contributed by atoms with Crippen LogP contribution >= 0.6 is 24.0 Å². The Labute approximate surface area is 199 Å². The molecule has 1 aromatic rings. The van der Waals surface area contributed by atoms with Gasteiger partial charge in [0.05, 0.1) is 19.3 Å². The number of nitrogens with one attached hydrogen (secondary N) is 2. The molecule has 1 saturated heterocycles. The van der Waals surface area contributed by atoms with E-state index in [1.165, 1.54) is 36.8 Å². The second-order valence-electron chi connectivity index (χ2n) is 7.92. The maximum atomic E-state index is 6.05. The third-order valence-electron chi connectivity index (χ3n) is 5.53. The number of guanidine groups is 1. The van der Waals surface area contributed by atoms with Gasteiger partial charge in [-0.2, -0.15) is 0 Å². The lowest BCUT2D eigenvalue weighted by Crippen LogP contribution is -2.37. The number of halogens is 1. The average Bonchev–Trinajstić information content (AvgIpc) is 2.78. The van der Waals surface area contributed by atoms with Gasteiger partial charge in [-0.15, -0.1) is 24.0 Å². The highest BCUT2D eigenvalue weighted by Gasteiger charge is 2.14. The van der Waals surface area contributed by atoms with Gasteiger partial charge in [0.2, 0.25) is 0 Å². The van der Waals surface area contributed by atoms with E-state index in [2.05, 4.69) is 47.9 Å². The molecule has 1 aromatic carbocycles. The van der Waals surface area contributed by atoms with E-state index in [9.17, 15) is 0 Å². The Morgan fingerprint density at radius 2 is 2.00 bits per heavy atom. The maximum Gasteiger partial charge on any atom is 0.191 e. The molecule has 2 aliphatic rings. The van der Waals surface area contributed by atoms with Gasteiger partial charge in [-0.1, -0.05) is 35.9 Å². The Hall–Kier alpha value is -1.12. The van der Waals surface area contributed by atoms with E-state index in [1.54, 1.807) is 5.57 Å². The summed E-state index contributed by atoms with van der Waals surface area (Å²) in [6.07, 6.45) is 11.1. The van der Waals surface area contributed by atoms with Crippen molar-refractivity contribution >= 4 is 29.9 Å². The van der Waals surface area contributed by atoms with Gasteiger partial charge in [-0.05, 0) is 63.0 Å². The first-order valence-corrected chi connectivity index (χ1v) is 11.3. The number of hydrogen-bond acceptors (Lipinski definition) is 3. The minimum Gasteiger partial charge on any atom is -0.381 e. The fraction of sp³-hybridized carbons (Fsp3) is 0.625. The predicted molar refractivity (Wildman–Crippen MR) is 134 cm³/mol. The van der Waals surface area contributed by atoms with Crippen LogP contribution in [-0.4, -0.2) is 38.4 Å². The topological polar surface area (TPSA) is 54.9 Å². The van der Waals surface area contributed by atoms with E-state index in [-0.39, 0.29) is 24.0 Å². The number of allylic oxidation sites excluding steroid dienone is 1. The highest BCUT2D eigenvalue weighted by atomic mass is 127. The lowest BCUT2D eigenvalue weighted by molar-refractivity contribution is -0.0390. The van der Waals surface area contributed by atoms with Gasteiger partial charge in [0.25, 0.3) is 0 Å². The van der Waals surface area contributed by atoms with E-state index >= 15 is 0 Å². The van der Waals surface area contributed by atoms with E-state index in [0.717, 1.165) is 51.5 Å². The van der Waals surface area contributed by atoms with Crippen LogP contribution in [0, 0.1) is 0 Å². The van der Waals surface area contributed by atoms with E-state index in [4.69, 9.17) is 14.5 Å². The number of aliphatic imine (C=N–C) groups is 1. The Morgan fingerprint density at radius 3 is 2.77 bits per heavy atom. The lowest BCUT2D eigenvalue weighted by Gasteiger charge is -2.22. The highest BCUT2D eigenvalue weighted by Crippen LogP contribution is 2.19. The monoisotopic (exact) mass is 527 g/mol. The van der Waals surface area contributed by atoms with Crippen LogP contribution in [0.25, 0.3) is 0 Å². The van der Waals surface area contributed by atoms with E-state index in [0.29, 0.717) is 19.3 Å². The van der Waals surface area contributed by atoms with Crippen LogP contribution in [0.15, 0.2) is 40.9 Å². The first kappa shape index (κ1) is 25.1. The lowest BCUT2D eigenvalue weighted by atomic mass is 9.97. The van der Waals surface area contributed by atoms with Crippen LogP contribution in [0.2, 0.25) is 0 Å². The van der Waals surface area contributed by atoms with Gasteiger partial charge in [0.15, 0.2) is 5.96 Å². The largest absolute Gasteiger partial charge is 0.381 e. The fourth-order valence-corrected chi connectivity index (χ4v) is 3.86. The number of hydrogen-bond donors (Lipinski definition) is 2. The summed E-state index contributed by atoms with van der Waals surface area (Å²) in [6, 6.07) is 8.58. The second-order valence-corrected chi connectivity index (χ2v) is 7.92. The molecule has 6 heteroatoms. The van der Waals surface area contributed by atoms with Crippen molar-refractivity contribution in [3.05, 3.63) is 47.0 Å². The first-order chi connectivity index (χ1) is 14.3. The maximum absolute atomic E-state index is 6.05. The van der Waals surface area contributed by atoms with Gasteiger partial charge in [0.1, 0.15) is 0 Å². The standard InChI is InChI=1S/C24H37N3O2.HI/c1-2-25-24(26-14-11-20-7-4-3-5-8-20)27-18-21-9-6-10-22(17-21)19-29-23-12-15-28-16-13-23;/h6-7,9-10,17,23H,2-5,8,11-16,18-19H2,1H3,(H2,25,26,27);1H. The molecule has 0 amide bonds. The molecule has 5 nitrogen and oxygen atoms in total. The van der Waals surface area contributed by atoms with E-state index < -0.39 is 0 Å². The molecule has 1 heterocycles. The summed E-state index contributed by atoms with van der Waals surface area (Å²) in [5.41, 5.74) is 4.02. The third-order valence-corrected chi connectivity index (χ3v) is 5.53. The Kier molecular flexibility index (Phi) is 12.4. The number of rotatable bonds is 9. The minimum atomic E-state index is 0. The Balaban J connectivity index is 0.00000320. The zero-order valence-corrected chi connectivity index (χ0v) is 20.7. The van der Waals surface area contributed by atoms with Crippen LogP contribution < -0.4 is 10.6 Å². The molecular formula is C24H38IN3O2. The second kappa shape index (κ2) is 14.8. The van der Waals surface area contributed by atoms with Gasteiger partial charge in [0, 0.05) is 26.3 Å². The average molecular weight is 527 g/mol. The number of benzene rings is 1. The molecule has 168 valence electrons. The first-order valence-electron chi connectivity index (χ1n) is 11.3. The Morgan fingerprint density at radius 1 is 1.17 bits per heavy atom. The molecule has 0 aromatic heterocycles. The highest BCUT2D eigenvalue weighted by molar-refractivity contribution is 14.0. The molecule has 0 saturated carbocycles. The summed E-state index contributed by atoms with van der Waals surface area (Å²) in [5.74, 6) is 0.896. The fourth-order valence-electron chi connectivity index (χ4n) is 3.86. The van der Waals surface area contributed by atoms with Crippen LogP contribution in [0.4, 0.5) is 0 Å². The van der Waals surface area contributed by atoms with Crippen LogP contribution in [0.3, 0.4) is 0 Å². The SMILES string of the molecule is CCNC(=NCc1cccc(COC2CCOCC2)c1)NCCC1=CCCCC1.I. The van der Waals surface area contributed by atoms with Crippen molar-refractivity contribution in [1.82, 2.24) is 10.6 Å². The van der Waals surface area contributed by atoms with Crippen molar-refractivity contribution in [2.45, 2.75) is 71.1 Å². The van der Waals surface area contributed by atoms with Gasteiger partial charge in [-0.25, -0.2) is 4.99 Å². The quantitative estimate of drug-likeness (QED) is 0.207. The van der Waals surface area contributed by atoms with E-state index in [1.807, 2.05) is 0 Å². The van der Waals surface area contributed by atoms with Gasteiger partial charge < -0.3 is 20.1 Å². The zero-order chi connectivity index (χ0) is 20.2. The van der Waals surface area contributed by atoms with Gasteiger partial charge in [-0.3, -0.25) is 0 Å². The van der Waals surface area contributed by atoms with Crippen LogP contribution in [0.1, 0.15) is 63.0 Å². The van der Waals surface area contributed by atoms with Gasteiger partial charge >= 0.3 is 0 Å². The van der Waals surface area contributed by atoms with Crippen molar-refractivity contribution in [2.24, 2.45) is 4.99 Å². The third kappa shape index (κ3) is 9.35. The van der Waals surface area contributed by atoms with Crippen molar-refractivity contribution in [3.63, 3.8) is 0 Å². The molecule has 30 heavy (non-hydrogen) atoms. The normalized spacial score (nSPS) is 17.8. The molecule has 1 aliphatic carbocycles. The summed E-state index contributed by atoms with van der Waals surface area (Å²) in [4.78, 5) is 4.78. The molecule has 1 aliphatic heterocycles. The van der Waals surface area contributed by atoms with Crippen LogP contribution in [-0.2, 0) is 22.6 Å². The molecule has 0 spiro atoms. The summed E-state index contributed by atoms with van der Waals surface area (Å²) in [5, 5.41) is 6.84. The summed E-state index contributed by atoms with van der Waals surface area (Å²) >= 11 is 0. The van der Waals surface area contributed by atoms with Crippen molar-refractivity contribution in [3.8, 4) is 0 Å². The molecule has 0 atom stereocenters. The molecular weight excluding hydrogens is 489 g/mol. The molecule has 0 bridgehead atoms. The molecule has 1 fully saturated rings. The Bertz CT molecular complexity index is 672.